The third kappa shape index (κ3) is 5.59. The summed E-state index contributed by atoms with van der Waals surface area (Å²) in [5, 5.41) is 5.91. The van der Waals surface area contributed by atoms with Gasteiger partial charge in [0.25, 0.3) is 11.8 Å². The Morgan fingerprint density at radius 3 is 1.62 bits per heavy atom. The number of hydrogen-bond acceptors (Lipinski definition) is 3. The van der Waals surface area contributed by atoms with Crippen molar-refractivity contribution in [1.29, 1.82) is 0 Å². The molecule has 1 aliphatic rings. The monoisotopic (exact) mass is 569 g/mol. The molecule has 0 atom stereocenters. The number of rotatable bonds is 7. The summed E-state index contributed by atoms with van der Waals surface area (Å²) < 4.78 is 5.83. The Labute approximate surface area is 240 Å². The number of amides is 2. The van der Waals surface area contributed by atoms with Gasteiger partial charge in [-0.05, 0) is 67.1 Å². The third-order valence-corrected chi connectivity index (χ3v) is 12.0. The highest BCUT2D eigenvalue weighted by Gasteiger charge is 2.52. The standard InChI is InChI=1S/C33H30ClN2O3P/c1-25-17-19-26(20-18-25)32(37)35-30(33(38)36-21-23-39-24-22-36)31(34)40(27-11-5-2-6-12-27,28-13-7-3-8-14-28)29-15-9-4-10-16-29/h2-20H,21-24H2,1H3/p+1/b31-30-. The Bertz CT molecular complexity index is 1390. The van der Waals surface area contributed by atoms with E-state index in [0.717, 1.165) is 21.5 Å². The first-order valence-electron chi connectivity index (χ1n) is 13.2. The summed E-state index contributed by atoms with van der Waals surface area (Å²) in [6, 6.07) is 37.3. The van der Waals surface area contributed by atoms with Gasteiger partial charge < -0.3 is 15.0 Å². The summed E-state index contributed by atoms with van der Waals surface area (Å²) in [4.78, 5) is 29.5. The van der Waals surface area contributed by atoms with Crippen LogP contribution in [0.25, 0.3) is 0 Å². The van der Waals surface area contributed by atoms with E-state index in [9.17, 15) is 9.59 Å². The molecule has 0 radical (unpaired) electrons. The second-order valence-corrected chi connectivity index (χ2v) is 13.5. The smallest absolute Gasteiger partial charge is 0.275 e. The minimum atomic E-state index is -2.81. The highest BCUT2D eigenvalue weighted by atomic mass is 35.5. The molecule has 1 saturated heterocycles. The van der Waals surface area contributed by atoms with Gasteiger partial charge in [-0.3, -0.25) is 9.59 Å². The Morgan fingerprint density at radius 1 is 0.725 bits per heavy atom. The van der Waals surface area contributed by atoms with Crippen LogP contribution in [-0.4, -0.2) is 43.0 Å². The lowest BCUT2D eigenvalue weighted by Gasteiger charge is -2.31. The maximum atomic E-state index is 14.2. The Balaban J connectivity index is 1.78. The van der Waals surface area contributed by atoms with E-state index in [4.69, 9.17) is 16.3 Å². The molecule has 1 aliphatic heterocycles. The van der Waals surface area contributed by atoms with Gasteiger partial charge in [-0.2, -0.15) is 0 Å². The van der Waals surface area contributed by atoms with Crippen LogP contribution < -0.4 is 21.2 Å². The van der Waals surface area contributed by atoms with Crippen molar-refractivity contribution in [3.05, 3.63) is 137 Å². The molecule has 1 N–H and O–H groups in total. The van der Waals surface area contributed by atoms with Crippen LogP contribution in [0.5, 0.6) is 0 Å². The zero-order valence-electron chi connectivity index (χ0n) is 22.3. The van der Waals surface area contributed by atoms with Gasteiger partial charge >= 0.3 is 0 Å². The van der Waals surface area contributed by atoms with Crippen LogP contribution in [0.3, 0.4) is 0 Å². The van der Waals surface area contributed by atoms with Gasteiger partial charge in [-0.1, -0.05) is 72.3 Å². The topological polar surface area (TPSA) is 58.6 Å². The van der Waals surface area contributed by atoms with Crippen molar-refractivity contribution < 1.29 is 14.3 Å². The van der Waals surface area contributed by atoms with Crippen LogP contribution in [0.4, 0.5) is 0 Å². The molecular formula is C33H31ClN2O3P+. The average Bonchev–Trinajstić information content (AvgIpc) is 3.02. The maximum absolute atomic E-state index is 14.2. The van der Waals surface area contributed by atoms with Gasteiger partial charge in [0.15, 0.2) is 13.0 Å². The molecule has 5 nitrogen and oxygen atoms in total. The number of halogens is 1. The van der Waals surface area contributed by atoms with Crippen molar-refractivity contribution in [3.63, 3.8) is 0 Å². The van der Waals surface area contributed by atoms with E-state index in [1.807, 2.05) is 73.7 Å². The number of carbonyl (C=O) groups is 2. The van der Waals surface area contributed by atoms with Crippen LogP contribution in [0.2, 0.25) is 0 Å². The molecule has 1 fully saturated rings. The first-order valence-corrected chi connectivity index (χ1v) is 15.4. The van der Waals surface area contributed by atoms with E-state index in [0.29, 0.717) is 36.6 Å². The number of morpholine rings is 1. The van der Waals surface area contributed by atoms with Crippen LogP contribution in [0.1, 0.15) is 15.9 Å². The minimum absolute atomic E-state index is 0.0963. The fourth-order valence-electron chi connectivity index (χ4n) is 4.92. The first-order chi connectivity index (χ1) is 19.5. The van der Waals surface area contributed by atoms with E-state index in [1.54, 1.807) is 17.0 Å². The van der Waals surface area contributed by atoms with Crippen LogP contribution in [-0.2, 0) is 9.53 Å². The highest BCUT2D eigenvalue weighted by molar-refractivity contribution is 8.00. The number of hydrogen-bond donors (Lipinski definition) is 1. The van der Waals surface area contributed by atoms with Gasteiger partial charge in [0.1, 0.15) is 15.9 Å². The van der Waals surface area contributed by atoms with E-state index in [-0.39, 0.29) is 17.5 Å². The molecule has 5 rings (SSSR count). The molecule has 202 valence electrons. The second-order valence-electron chi connectivity index (χ2n) is 9.57. The summed E-state index contributed by atoms with van der Waals surface area (Å²) in [7, 11) is -2.81. The maximum Gasteiger partial charge on any atom is 0.275 e. The number of aryl methyl sites for hydroxylation is 1. The molecule has 4 aromatic rings. The predicted octanol–water partition coefficient (Wildman–Crippen LogP) is 4.99. The van der Waals surface area contributed by atoms with Crippen LogP contribution >= 0.6 is 18.9 Å². The first kappa shape index (κ1) is 27.8. The normalized spacial score (nSPS) is 14.3. The average molecular weight is 570 g/mol. The van der Waals surface area contributed by atoms with Gasteiger partial charge in [0.2, 0.25) is 4.77 Å². The molecule has 1 heterocycles. The molecular weight excluding hydrogens is 539 g/mol. The summed E-state index contributed by atoms with van der Waals surface area (Å²) >= 11 is 7.58. The molecule has 0 saturated carbocycles. The number of nitrogens with one attached hydrogen (secondary N) is 1. The Kier molecular flexibility index (Phi) is 8.76. The van der Waals surface area contributed by atoms with Gasteiger partial charge in [0.05, 0.1) is 13.2 Å². The molecule has 0 aliphatic carbocycles. The lowest BCUT2D eigenvalue weighted by Crippen LogP contribution is -2.45. The molecule has 0 spiro atoms. The molecule has 0 unspecified atom stereocenters. The van der Waals surface area contributed by atoms with Gasteiger partial charge in [-0.15, -0.1) is 0 Å². The zero-order valence-corrected chi connectivity index (χ0v) is 23.9. The number of nitrogens with zero attached hydrogens (tertiary/aromatic N) is 1. The van der Waals surface area contributed by atoms with Crippen molar-refractivity contribution in [1.82, 2.24) is 10.2 Å². The molecule has 0 bridgehead atoms. The molecule has 2 amide bonds. The Morgan fingerprint density at radius 2 is 1.18 bits per heavy atom. The molecule has 4 aromatic carbocycles. The predicted molar refractivity (Wildman–Crippen MR) is 164 cm³/mol. The van der Waals surface area contributed by atoms with E-state index in [1.165, 1.54) is 0 Å². The number of carbonyl (C=O) groups excluding carboxylic acids is 2. The fourth-order valence-corrected chi connectivity index (χ4v) is 9.84. The zero-order chi connectivity index (χ0) is 28.0. The molecule has 7 heteroatoms. The summed E-state index contributed by atoms with van der Waals surface area (Å²) in [6.45, 7) is 3.66. The number of ether oxygens (including phenoxy) is 1. The summed E-state index contributed by atoms with van der Waals surface area (Å²) in [6.07, 6.45) is 0. The summed E-state index contributed by atoms with van der Waals surface area (Å²) in [5.41, 5.74) is 1.58. The molecule has 40 heavy (non-hydrogen) atoms. The fraction of sp³-hybridized carbons (Fsp3) is 0.152. The van der Waals surface area contributed by atoms with Gasteiger partial charge in [0, 0.05) is 18.7 Å². The Hall–Kier alpha value is -3.76. The quantitative estimate of drug-likeness (QED) is 0.252. The van der Waals surface area contributed by atoms with Crippen LogP contribution in [0, 0.1) is 6.92 Å². The van der Waals surface area contributed by atoms with Crippen molar-refractivity contribution in [2.75, 3.05) is 26.3 Å². The van der Waals surface area contributed by atoms with E-state index < -0.39 is 7.26 Å². The van der Waals surface area contributed by atoms with Gasteiger partial charge in [-0.25, -0.2) is 0 Å². The van der Waals surface area contributed by atoms with Crippen molar-refractivity contribution in [2.45, 2.75) is 6.92 Å². The summed E-state index contributed by atoms with van der Waals surface area (Å²) in [5.74, 6) is -0.706. The number of benzene rings is 4. The van der Waals surface area contributed by atoms with Crippen molar-refractivity contribution in [2.24, 2.45) is 0 Å². The highest BCUT2D eigenvalue weighted by Crippen LogP contribution is 2.64. The van der Waals surface area contributed by atoms with Crippen LogP contribution in [0.15, 0.2) is 126 Å². The lowest BCUT2D eigenvalue weighted by molar-refractivity contribution is -0.131. The van der Waals surface area contributed by atoms with E-state index >= 15 is 0 Å². The largest absolute Gasteiger partial charge is 0.378 e. The second kappa shape index (κ2) is 12.6. The van der Waals surface area contributed by atoms with E-state index in [2.05, 4.69) is 41.7 Å². The molecule has 0 aromatic heterocycles. The SMILES string of the molecule is Cc1ccc(C(=O)N/C(C(=O)N2CCOCC2)=C(/Cl)[P+](c2ccccc2)(c2ccccc2)c2ccccc2)cc1. The van der Waals surface area contributed by atoms with Crippen molar-refractivity contribution in [3.8, 4) is 0 Å². The minimum Gasteiger partial charge on any atom is -0.378 e. The van der Waals surface area contributed by atoms with Crippen molar-refractivity contribution >= 4 is 46.6 Å². The third-order valence-electron chi connectivity index (χ3n) is 7.00. The lowest BCUT2D eigenvalue weighted by atomic mass is 10.1.